The third kappa shape index (κ3) is 4.89. The van der Waals surface area contributed by atoms with E-state index in [1.165, 1.54) is 22.8 Å². The number of hydrogen-bond donors (Lipinski definition) is 2. The second-order valence-corrected chi connectivity index (χ2v) is 10.2. The molecule has 0 saturated carbocycles. The van der Waals surface area contributed by atoms with Gasteiger partial charge < -0.3 is 5.32 Å². The first kappa shape index (κ1) is 20.6. The molecular weight excluding hydrogens is 424 g/mol. The first-order valence-corrected chi connectivity index (χ1v) is 12.0. The molecule has 156 valence electrons. The monoisotopic (exact) mass is 444 g/mol. The molecule has 2 N–H and O–H groups in total. The first-order chi connectivity index (χ1) is 14.4. The molecule has 1 fully saturated rings. The quantitative estimate of drug-likeness (QED) is 0.558. The SMILES string of the molecule is O=C(Cn1cnc2ccccc2c1=O)Nc1ccc(SNC2CCS(=O)(=O)C2)cc1. The smallest absolute Gasteiger partial charge is 0.261 e. The maximum absolute atomic E-state index is 12.5. The second-order valence-electron chi connectivity index (χ2n) is 7.09. The van der Waals surface area contributed by atoms with E-state index in [0.717, 1.165) is 4.90 Å². The minimum absolute atomic E-state index is 0.0479. The van der Waals surface area contributed by atoms with E-state index < -0.39 is 9.84 Å². The van der Waals surface area contributed by atoms with Crippen LogP contribution in [0.2, 0.25) is 0 Å². The minimum atomic E-state index is -2.91. The van der Waals surface area contributed by atoms with Gasteiger partial charge in [-0.15, -0.1) is 0 Å². The minimum Gasteiger partial charge on any atom is -0.325 e. The van der Waals surface area contributed by atoms with Gasteiger partial charge in [0.25, 0.3) is 5.56 Å². The Kier molecular flexibility index (Phi) is 5.89. The average molecular weight is 445 g/mol. The Bertz CT molecular complexity index is 1240. The highest BCUT2D eigenvalue weighted by Crippen LogP contribution is 2.21. The molecule has 0 radical (unpaired) electrons. The van der Waals surface area contributed by atoms with Crippen molar-refractivity contribution in [2.45, 2.75) is 23.9 Å². The van der Waals surface area contributed by atoms with Crippen LogP contribution >= 0.6 is 11.9 Å². The number of hydrogen-bond acceptors (Lipinski definition) is 7. The molecule has 1 atom stereocenters. The normalized spacial score (nSPS) is 17.8. The Morgan fingerprint density at radius 1 is 1.17 bits per heavy atom. The van der Waals surface area contributed by atoms with E-state index >= 15 is 0 Å². The van der Waals surface area contributed by atoms with E-state index in [1.807, 2.05) is 12.1 Å². The summed E-state index contributed by atoms with van der Waals surface area (Å²) in [5.74, 6) is 0.0623. The van der Waals surface area contributed by atoms with Crippen molar-refractivity contribution in [1.82, 2.24) is 14.3 Å². The lowest BCUT2D eigenvalue weighted by Crippen LogP contribution is -2.27. The van der Waals surface area contributed by atoms with Gasteiger partial charge >= 0.3 is 0 Å². The molecule has 1 unspecified atom stereocenters. The number of sulfone groups is 1. The molecule has 1 aliphatic heterocycles. The molecule has 2 aromatic carbocycles. The Morgan fingerprint density at radius 2 is 1.93 bits per heavy atom. The van der Waals surface area contributed by atoms with E-state index in [-0.39, 0.29) is 35.6 Å². The highest BCUT2D eigenvalue weighted by molar-refractivity contribution is 7.97. The van der Waals surface area contributed by atoms with Crippen molar-refractivity contribution in [2.24, 2.45) is 0 Å². The van der Waals surface area contributed by atoms with E-state index in [4.69, 9.17) is 0 Å². The summed E-state index contributed by atoms with van der Waals surface area (Å²) in [6, 6.07) is 14.1. The molecule has 0 spiro atoms. The second kappa shape index (κ2) is 8.58. The van der Waals surface area contributed by atoms with Gasteiger partial charge in [-0.3, -0.25) is 18.9 Å². The van der Waals surface area contributed by atoms with Crippen LogP contribution in [0.1, 0.15) is 6.42 Å². The van der Waals surface area contributed by atoms with Gasteiger partial charge in [0.05, 0.1) is 28.7 Å². The predicted octanol–water partition coefficient (Wildman–Crippen LogP) is 1.82. The largest absolute Gasteiger partial charge is 0.325 e. The summed E-state index contributed by atoms with van der Waals surface area (Å²) in [6.07, 6.45) is 1.99. The number of para-hydroxylation sites is 1. The average Bonchev–Trinajstić information content (AvgIpc) is 3.08. The fourth-order valence-corrected chi connectivity index (χ4v) is 5.77. The highest BCUT2D eigenvalue weighted by atomic mass is 32.2. The zero-order chi connectivity index (χ0) is 21.1. The standard InChI is InChI=1S/C20H20N4O4S2/c25-19(11-24-13-21-18-4-2-1-3-17(18)20(24)26)22-14-5-7-16(8-6-14)29-23-15-9-10-30(27,28)12-15/h1-8,13,15,23H,9-12H2,(H,22,25). The number of aromatic nitrogens is 2. The molecule has 1 saturated heterocycles. The maximum Gasteiger partial charge on any atom is 0.261 e. The van der Waals surface area contributed by atoms with Crippen LogP contribution in [0.15, 0.2) is 64.5 Å². The van der Waals surface area contributed by atoms with Gasteiger partial charge in [0.15, 0.2) is 9.84 Å². The van der Waals surface area contributed by atoms with Crippen LogP contribution < -0.4 is 15.6 Å². The van der Waals surface area contributed by atoms with Crippen LogP contribution in [-0.4, -0.2) is 41.4 Å². The lowest BCUT2D eigenvalue weighted by Gasteiger charge is -2.11. The molecule has 2 heterocycles. The number of carbonyl (C=O) groups excluding carboxylic acids is 1. The predicted molar refractivity (Wildman–Crippen MR) is 117 cm³/mol. The molecule has 1 amide bonds. The number of carbonyl (C=O) groups is 1. The number of nitrogens with zero attached hydrogens (tertiary/aromatic N) is 2. The number of nitrogens with one attached hydrogen (secondary N) is 2. The summed E-state index contributed by atoms with van der Waals surface area (Å²) in [6.45, 7) is -0.134. The molecule has 0 bridgehead atoms. The van der Waals surface area contributed by atoms with E-state index in [2.05, 4.69) is 15.0 Å². The summed E-state index contributed by atoms with van der Waals surface area (Å²) in [5, 5.41) is 3.23. The summed E-state index contributed by atoms with van der Waals surface area (Å²) >= 11 is 1.37. The van der Waals surface area contributed by atoms with Crippen LogP contribution in [0, 0.1) is 0 Å². The topological polar surface area (TPSA) is 110 Å². The van der Waals surface area contributed by atoms with Crippen molar-refractivity contribution in [3.05, 3.63) is 65.2 Å². The molecule has 30 heavy (non-hydrogen) atoms. The van der Waals surface area contributed by atoms with Gasteiger partial charge in [-0.2, -0.15) is 0 Å². The molecule has 8 nitrogen and oxygen atoms in total. The number of amides is 1. The molecule has 1 aromatic heterocycles. The molecule has 4 rings (SSSR count). The van der Waals surface area contributed by atoms with Crippen molar-refractivity contribution in [3.63, 3.8) is 0 Å². The third-order valence-electron chi connectivity index (χ3n) is 4.76. The number of anilines is 1. The van der Waals surface area contributed by atoms with Crippen LogP contribution in [0.5, 0.6) is 0 Å². The van der Waals surface area contributed by atoms with Crippen LogP contribution in [0.3, 0.4) is 0 Å². The van der Waals surface area contributed by atoms with Gasteiger partial charge in [0.1, 0.15) is 6.54 Å². The van der Waals surface area contributed by atoms with Gasteiger partial charge in [-0.1, -0.05) is 12.1 Å². The van der Waals surface area contributed by atoms with Crippen molar-refractivity contribution < 1.29 is 13.2 Å². The van der Waals surface area contributed by atoms with Gasteiger partial charge in [0.2, 0.25) is 5.91 Å². The number of rotatable bonds is 6. The fourth-order valence-electron chi connectivity index (χ4n) is 3.22. The number of benzene rings is 2. The molecular formula is C20H20N4O4S2. The Hall–Kier alpha value is -2.69. The lowest BCUT2D eigenvalue weighted by molar-refractivity contribution is -0.116. The summed E-state index contributed by atoms with van der Waals surface area (Å²) in [4.78, 5) is 29.9. The summed E-state index contributed by atoms with van der Waals surface area (Å²) in [7, 11) is -2.91. The van der Waals surface area contributed by atoms with Gasteiger partial charge in [-0.25, -0.2) is 13.4 Å². The van der Waals surface area contributed by atoms with Crippen LogP contribution in [0.25, 0.3) is 10.9 Å². The maximum atomic E-state index is 12.5. The zero-order valence-corrected chi connectivity index (χ0v) is 17.6. The van der Waals surface area contributed by atoms with E-state index in [1.54, 1.807) is 36.4 Å². The molecule has 10 heteroatoms. The van der Waals surface area contributed by atoms with Gasteiger partial charge in [0, 0.05) is 16.6 Å². The molecule has 1 aliphatic rings. The van der Waals surface area contributed by atoms with Crippen LogP contribution in [-0.2, 0) is 21.2 Å². The van der Waals surface area contributed by atoms with E-state index in [0.29, 0.717) is 23.0 Å². The summed E-state index contributed by atoms with van der Waals surface area (Å²) in [5.41, 5.74) is 0.938. The molecule has 0 aliphatic carbocycles. The van der Waals surface area contributed by atoms with Crippen molar-refractivity contribution in [3.8, 4) is 0 Å². The third-order valence-corrected chi connectivity index (χ3v) is 7.49. The Balaban J connectivity index is 1.34. The molecule has 3 aromatic rings. The Labute approximate surface area is 177 Å². The zero-order valence-electron chi connectivity index (χ0n) is 15.9. The van der Waals surface area contributed by atoms with E-state index in [9.17, 15) is 18.0 Å². The highest BCUT2D eigenvalue weighted by Gasteiger charge is 2.27. The summed E-state index contributed by atoms with van der Waals surface area (Å²) < 4.78 is 27.5. The van der Waals surface area contributed by atoms with Crippen molar-refractivity contribution in [1.29, 1.82) is 0 Å². The first-order valence-electron chi connectivity index (χ1n) is 9.36. The van der Waals surface area contributed by atoms with Crippen molar-refractivity contribution >= 4 is 44.3 Å². The Morgan fingerprint density at radius 3 is 2.67 bits per heavy atom. The fraction of sp³-hybridized carbons (Fsp3) is 0.250. The van der Waals surface area contributed by atoms with Crippen LogP contribution in [0.4, 0.5) is 5.69 Å². The van der Waals surface area contributed by atoms with Gasteiger partial charge in [-0.05, 0) is 54.8 Å². The number of fused-ring (bicyclic) bond motifs is 1. The lowest BCUT2D eigenvalue weighted by atomic mass is 10.2. The van der Waals surface area contributed by atoms with Crippen molar-refractivity contribution in [2.75, 3.05) is 16.8 Å².